The number of rotatable bonds is 7. The fraction of sp³-hybridized carbons (Fsp3) is 0.333. The smallest absolute Gasteiger partial charge is 0.243 e. The Morgan fingerprint density at radius 1 is 1.44 bits per heavy atom. The van der Waals surface area contributed by atoms with Crippen LogP contribution in [-0.4, -0.2) is 37.5 Å². The van der Waals surface area contributed by atoms with Crippen LogP contribution < -0.4 is 5.73 Å². The van der Waals surface area contributed by atoms with E-state index >= 15 is 0 Å². The van der Waals surface area contributed by atoms with E-state index in [0.29, 0.717) is 0 Å². The first-order valence-corrected chi connectivity index (χ1v) is 7.01. The second-order valence-electron chi connectivity index (χ2n) is 3.73. The SMILES string of the molecule is C=CCN(CCO)S(=O)(=O)c1cccc(CN)c1. The van der Waals surface area contributed by atoms with Crippen molar-refractivity contribution >= 4 is 10.0 Å². The summed E-state index contributed by atoms with van der Waals surface area (Å²) in [6.07, 6.45) is 1.49. The van der Waals surface area contributed by atoms with Gasteiger partial charge in [-0.15, -0.1) is 6.58 Å². The first kappa shape index (κ1) is 14.8. The fourth-order valence-electron chi connectivity index (χ4n) is 1.55. The number of hydrogen-bond donors (Lipinski definition) is 2. The van der Waals surface area contributed by atoms with Crippen LogP contribution in [0.15, 0.2) is 41.8 Å². The number of sulfonamides is 1. The molecule has 0 heterocycles. The lowest BCUT2D eigenvalue weighted by Crippen LogP contribution is -2.33. The van der Waals surface area contributed by atoms with E-state index in [0.717, 1.165) is 5.56 Å². The monoisotopic (exact) mass is 270 g/mol. The number of nitrogens with two attached hydrogens (primary N) is 1. The highest BCUT2D eigenvalue weighted by molar-refractivity contribution is 7.89. The Labute approximate surface area is 108 Å². The van der Waals surface area contributed by atoms with Gasteiger partial charge < -0.3 is 10.8 Å². The van der Waals surface area contributed by atoms with Crippen LogP contribution in [0.4, 0.5) is 0 Å². The maximum atomic E-state index is 12.3. The van der Waals surface area contributed by atoms with Crippen LogP contribution in [0.2, 0.25) is 0 Å². The quantitative estimate of drug-likeness (QED) is 0.699. The van der Waals surface area contributed by atoms with Crippen molar-refractivity contribution in [2.75, 3.05) is 19.7 Å². The second kappa shape index (κ2) is 6.65. The van der Waals surface area contributed by atoms with Crippen LogP contribution in [0.3, 0.4) is 0 Å². The van der Waals surface area contributed by atoms with Gasteiger partial charge in [-0.3, -0.25) is 0 Å². The largest absolute Gasteiger partial charge is 0.395 e. The van der Waals surface area contributed by atoms with E-state index in [-0.39, 0.29) is 31.1 Å². The van der Waals surface area contributed by atoms with Crippen LogP contribution in [0.1, 0.15) is 5.56 Å². The molecular formula is C12H18N2O3S. The number of aliphatic hydroxyl groups excluding tert-OH is 1. The van der Waals surface area contributed by atoms with Gasteiger partial charge in [0.25, 0.3) is 0 Å². The molecule has 0 aromatic heterocycles. The molecule has 0 saturated carbocycles. The number of hydrogen-bond acceptors (Lipinski definition) is 4. The second-order valence-corrected chi connectivity index (χ2v) is 5.66. The van der Waals surface area contributed by atoms with Gasteiger partial charge in [0.05, 0.1) is 11.5 Å². The Bertz CT molecular complexity index is 500. The minimum absolute atomic E-state index is 0.0429. The zero-order valence-electron chi connectivity index (χ0n) is 10.1. The molecule has 0 bridgehead atoms. The van der Waals surface area contributed by atoms with E-state index < -0.39 is 10.0 Å². The molecule has 0 fully saturated rings. The molecule has 0 amide bonds. The van der Waals surface area contributed by atoms with Crippen LogP contribution in [-0.2, 0) is 16.6 Å². The summed E-state index contributed by atoms with van der Waals surface area (Å²) in [5.74, 6) is 0. The van der Waals surface area contributed by atoms with Crippen molar-refractivity contribution in [2.45, 2.75) is 11.4 Å². The predicted octanol–water partition coefficient (Wildman–Crippen LogP) is 0.314. The Balaban J connectivity index is 3.12. The predicted molar refractivity (Wildman–Crippen MR) is 70.4 cm³/mol. The van der Waals surface area contributed by atoms with Gasteiger partial charge in [-0.05, 0) is 17.7 Å². The molecule has 0 spiro atoms. The Morgan fingerprint density at radius 2 is 2.17 bits per heavy atom. The third kappa shape index (κ3) is 3.39. The molecule has 0 saturated heterocycles. The number of benzene rings is 1. The summed E-state index contributed by atoms with van der Waals surface area (Å²) < 4.78 is 25.8. The molecule has 3 N–H and O–H groups in total. The molecule has 1 aromatic carbocycles. The molecule has 1 rings (SSSR count). The molecule has 18 heavy (non-hydrogen) atoms. The summed E-state index contributed by atoms with van der Waals surface area (Å²) in [5.41, 5.74) is 6.24. The van der Waals surface area contributed by atoms with Gasteiger partial charge in [-0.1, -0.05) is 18.2 Å². The molecule has 100 valence electrons. The first-order valence-electron chi connectivity index (χ1n) is 5.57. The maximum Gasteiger partial charge on any atom is 0.243 e. The van der Waals surface area contributed by atoms with Gasteiger partial charge in [0.2, 0.25) is 10.0 Å². The Kier molecular flexibility index (Phi) is 5.49. The number of aliphatic hydroxyl groups is 1. The topological polar surface area (TPSA) is 83.6 Å². The third-order valence-electron chi connectivity index (χ3n) is 2.45. The lowest BCUT2D eigenvalue weighted by molar-refractivity contribution is 0.260. The standard InChI is InChI=1S/C12H18N2O3S/c1-2-6-14(7-8-15)18(16,17)12-5-3-4-11(9-12)10-13/h2-5,9,15H,1,6-8,10,13H2. The van der Waals surface area contributed by atoms with Crippen LogP contribution >= 0.6 is 0 Å². The molecule has 0 radical (unpaired) electrons. The van der Waals surface area contributed by atoms with E-state index in [2.05, 4.69) is 6.58 Å². The van der Waals surface area contributed by atoms with Gasteiger partial charge in [0.15, 0.2) is 0 Å². The minimum atomic E-state index is -3.61. The average molecular weight is 270 g/mol. The lowest BCUT2D eigenvalue weighted by atomic mass is 10.2. The van der Waals surface area contributed by atoms with Gasteiger partial charge in [-0.2, -0.15) is 4.31 Å². The molecule has 1 aromatic rings. The van der Waals surface area contributed by atoms with Crippen molar-refractivity contribution in [3.63, 3.8) is 0 Å². The summed E-state index contributed by atoms with van der Waals surface area (Å²) in [6.45, 7) is 3.77. The zero-order chi connectivity index (χ0) is 13.6. The lowest BCUT2D eigenvalue weighted by Gasteiger charge is -2.19. The zero-order valence-corrected chi connectivity index (χ0v) is 10.9. The highest BCUT2D eigenvalue weighted by atomic mass is 32.2. The van der Waals surface area contributed by atoms with E-state index in [9.17, 15) is 8.42 Å². The van der Waals surface area contributed by atoms with Crippen LogP contribution in [0.5, 0.6) is 0 Å². The molecule has 5 nitrogen and oxygen atoms in total. The first-order chi connectivity index (χ1) is 8.56. The summed E-state index contributed by atoms with van der Waals surface area (Å²) in [6, 6.07) is 6.48. The van der Waals surface area contributed by atoms with Crippen LogP contribution in [0.25, 0.3) is 0 Å². The third-order valence-corrected chi connectivity index (χ3v) is 4.32. The molecular weight excluding hydrogens is 252 g/mol. The summed E-state index contributed by atoms with van der Waals surface area (Å²) in [5, 5.41) is 8.91. The fourth-order valence-corrected chi connectivity index (χ4v) is 3.02. The molecule has 0 aliphatic rings. The van der Waals surface area contributed by atoms with Crippen molar-refractivity contribution in [3.05, 3.63) is 42.5 Å². The Hall–Kier alpha value is -1.21. The highest BCUT2D eigenvalue weighted by Gasteiger charge is 2.22. The van der Waals surface area contributed by atoms with Gasteiger partial charge in [0, 0.05) is 19.6 Å². The Morgan fingerprint density at radius 3 is 2.72 bits per heavy atom. The highest BCUT2D eigenvalue weighted by Crippen LogP contribution is 2.16. The summed E-state index contributed by atoms with van der Waals surface area (Å²) in [7, 11) is -3.61. The molecule has 0 aliphatic heterocycles. The molecule has 0 atom stereocenters. The summed E-state index contributed by atoms with van der Waals surface area (Å²) in [4.78, 5) is 0.181. The van der Waals surface area contributed by atoms with Crippen molar-refractivity contribution in [2.24, 2.45) is 5.73 Å². The minimum Gasteiger partial charge on any atom is -0.395 e. The molecule has 0 unspecified atom stereocenters. The maximum absolute atomic E-state index is 12.3. The summed E-state index contributed by atoms with van der Waals surface area (Å²) >= 11 is 0. The van der Waals surface area contributed by atoms with Crippen molar-refractivity contribution in [1.29, 1.82) is 0 Å². The van der Waals surface area contributed by atoms with Crippen molar-refractivity contribution < 1.29 is 13.5 Å². The van der Waals surface area contributed by atoms with E-state index in [4.69, 9.17) is 10.8 Å². The van der Waals surface area contributed by atoms with E-state index in [1.807, 2.05) is 0 Å². The normalized spacial score (nSPS) is 11.7. The van der Waals surface area contributed by atoms with Gasteiger partial charge in [-0.25, -0.2) is 8.42 Å². The van der Waals surface area contributed by atoms with Crippen molar-refractivity contribution in [1.82, 2.24) is 4.31 Å². The molecule has 0 aliphatic carbocycles. The van der Waals surface area contributed by atoms with Crippen LogP contribution in [0, 0.1) is 0 Å². The van der Waals surface area contributed by atoms with E-state index in [1.54, 1.807) is 18.2 Å². The number of nitrogens with zero attached hydrogens (tertiary/aromatic N) is 1. The molecule has 6 heteroatoms. The average Bonchev–Trinajstić information content (AvgIpc) is 2.38. The van der Waals surface area contributed by atoms with E-state index in [1.165, 1.54) is 16.4 Å². The van der Waals surface area contributed by atoms with Gasteiger partial charge in [0.1, 0.15) is 0 Å². The van der Waals surface area contributed by atoms with Gasteiger partial charge >= 0.3 is 0 Å². The van der Waals surface area contributed by atoms with Crippen molar-refractivity contribution in [3.8, 4) is 0 Å².